The van der Waals surface area contributed by atoms with Gasteiger partial charge in [0.1, 0.15) is 5.75 Å². The van der Waals surface area contributed by atoms with Crippen molar-refractivity contribution in [2.45, 2.75) is 83.5 Å². The van der Waals surface area contributed by atoms with Crippen LogP contribution in [0.2, 0.25) is 5.02 Å². The summed E-state index contributed by atoms with van der Waals surface area (Å²) in [5.41, 5.74) is 3.85. The van der Waals surface area contributed by atoms with Gasteiger partial charge in [0.05, 0.1) is 11.6 Å². The third-order valence-corrected chi connectivity index (χ3v) is 6.39. The van der Waals surface area contributed by atoms with E-state index in [2.05, 4.69) is 43.7 Å². The Labute approximate surface area is 182 Å². The number of hydrogen-bond acceptors (Lipinski definition) is 1. The minimum absolute atomic E-state index is 0.706. The van der Waals surface area contributed by atoms with Crippen molar-refractivity contribution in [3.63, 3.8) is 0 Å². The van der Waals surface area contributed by atoms with Crippen LogP contribution in [-0.4, -0.2) is 6.61 Å². The molecule has 0 unspecified atom stereocenters. The van der Waals surface area contributed by atoms with E-state index in [0.29, 0.717) is 5.02 Å². The first-order chi connectivity index (χ1) is 14.3. The molecule has 1 fully saturated rings. The van der Waals surface area contributed by atoms with Crippen molar-refractivity contribution in [2.24, 2.45) is 0 Å². The van der Waals surface area contributed by atoms with Crippen LogP contribution in [0.25, 0.3) is 11.1 Å². The van der Waals surface area contributed by atoms with Crippen LogP contribution in [0.15, 0.2) is 42.5 Å². The molecule has 29 heavy (non-hydrogen) atoms. The molecule has 1 radical (unpaired) electrons. The lowest BCUT2D eigenvalue weighted by Gasteiger charge is -2.22. The topological polar surface area (TPSA) is 9.23 Å². The second-order valence-corrected chi connectivity index (χ2v) is 8.78. The maximum absolute atomic E-state index is 6.50. The van der Waals surface area contributed by atoms with Crippen molar-refractivity contribution in [1.29, 1.82) is 0 Å². The molecule has 0 aliphatic heterocycles. The molecule has 2 aromatic rings. The number of unbranched alkanes of at least 4 members (excludes halogenated alkanes) is 6. The second-order valence-electron chi connectivity index (χ2n) is 8.38. The Balaban J connectivity index is 1.47. The Morgan fingerprint density at radius 2 is 1.48 bits per heavy atom. The number of hydrogen-bond donors (Lipinski definition) is 0. The lowest BCUT2D eigenvalue weighted by atomic mass is 9.84. The summed E-state index contributed by atoms with van der Waals surface area (Å²) in [5.74, 6) is 1.52. The SMILES string of the molecule is CCCCCCCCCOc1ccc(-c2ccc(C3CC[CH]CC3)cc2)cc1Cl. The van der Waals surface area contributed by atoms with Crippen molar-refractivity contribution in [3.05, 3.63) is 59.5 Å². The van der Waals surface area contributed by atoms with Gasteiger partial charge in [-0.15, -0.1) is 0 Å². The molecule has 3 rings (SSSR count). The predicted octanol–water partition coefficient (Wildman–Crippen LogP) is 9.00. The van der Waals surface area contributed by atoms with Crippen LogP contribution in [0.1, 0.15) is 89.0 Å². The number of rotatable bonds is 11. The summed E-state index contributed by atoms with van der Waals surface area (Å²) in [6, 6.07) is 15.2. The molecular formula is C27H36ClO. The minimum Gasteiger partial charge on any atom is -0.492 e. The van der Waals surface area contributed by atoms with Crippen LogP contribution in [0, 0.1) is 6.42 Å². The smallest absolute Gasteiger partial charge is 0.137 e. The molecule has 1 aliphatic carbocycles. The largest absolute Gasteiger partial charge is 0.492 e. The standard InChI is InChI=1S/C27H36ClO/c1-2-3-4-5-6-7-11-20-29-27-19-18-25(21-26(27)28)24-16-14-23(15-17-24)22-12-9-8-10-13-22/h8,14-19,21-22H,2-7,9-13,20H2,1H3. The molecule has 0 atom stereocenters. The summed E-state index contributed by atoms with van der Waals surface area (Å²) in [6.45, 7) is 3.01. The van der Waals surface area contributed by atoms with Gasteiger partial charge in [0, 0.05) is 0 Å². The van der Waals surface area contributed by atoms with Gasteiger partial charge in [-0.05, 0) is 73.3 Å². The van der Waals surface area contributed by atoms with Crippen LogP contribution in [0.5, 0.6) is 5.75 Å². The van der Waals surface area contributed by atoms with Crippen LogP contribution >= 0.6 is 11.6 Å². The summed E-state index contributed by atoms with van der Waals surface area (Å²) in [6.07, 6.45) is 16.5. The Morgan fingerprint density at radius 1 is 0.828 bits per heavy atom. The zero-order valence-corrected chi connectivity index (χ0v) is 18.7. The van der Waals surface area contributed by atoms with Crippen molar-refractivity contribution in [2.75, 3.05) is 6.61 Å². The first-order valence-electron chi connectivity index (χ1n) is 11.6. The lowest BCUT2D eigenvalue weighted by Crippen LogP contribution is -2.04. The molecule has 0 heterocycles. The molecule has 1 nitrogen and oxygen atoms in total. The first kappa shape index (κ1) is 22.2. The summed E-state index contributed by atoms with van der Waals surface area (Å²) in [7, 11) is 0. The van der Waals surface area contributed by atoms with E-state index in [1.165, 1.54) is 75.3 Å². The maximum Gasteiger partial charge on any atom is 0.137 e. The van der Waals surface area contributed by atoms with Crippen LogP contribution in [-0.2, 0) is 0 Å². The van der Waals surface area contributed by atoms with Crippen molar-refractivity contribution >= 4 is 11.6 Å². The molecule has 0 N–H and O–H groups in total. The molecule has 1 saturated carbocycles. The van der Waals surface area contributed by atoms with Gasteiger partial charge in [0.25, 0.3) is 0 Å². The molecule has 2 heteroatoms. The average Bonchev–Trinajstić information content (AvgIpc) is 2.77. The molecule has 0 spiro atoms. The molecule has 0 saturated heterocycles. The third-order valence-electron chi connectivity index (χ3n) is 6.09. The van der Waals surface area contributed by atoms with Gasteiger partial charge in [0.15, 0.2) is 0 Å². The first-order valence-corrected chi connectivity index (χ1v) is 12.0. The van der Waals surface area contributed by atoms with E-state index in [0.717, 1.165) is 30.3 Å². The fourth-order valence-corrected chi connectivity index (χ4v) is 4.48. The summed E-state index contributed by atoms with van der Waals surface area (Å²) in [5, 5.41) is 0.706. The van der Waals surface area contributed by atoms with E-state index < -0.39 is 0 Å². The lowest BCUT2D eigenvalue weighted by molar-refractivity contribution is 0.304. The fraction of sp³-hybridized carbons (Fsp3) is 0.519. The van der Waals surface area contributed by atoms with E-state index in [9.17, 15) is 0 Å². The Kier molecular flexibility index (Phi) is 9.41. The molecule has 157 valence electrons. The zero-order chi connectivity index (χ0) is 20.3. The highest BCUT2D eigenvalue weighted by Gasteiger charge is 2.15. The van der Waals surface area contributed by atoms with Crippen molar-refractivity contribution in [1.82, 2.24) is 0 Å². The summed E-state index contributed by atoms with van der Waals surface area (Å²) < 4.78 is 5.92. The number of halogens is 1. The number of ether oxygens (including phenoxy) is 1. The van der Waals surface area contributed by atoms with Crippen LogP contribution in [0.4, 0.5) is 0 Å². The molecule has 0 bridgehead atoms. The Hall–Kier alpha value is -1.47. The van der Waals surface area contributed by atoms with E-state index in [1.807, 2.05) is 12.1 Å². The van der Waals surface area contributed by atoms with Gasteiger partial charge in [-0.25, -0.2) is 0 Å². The van der Waals surface area contributed by atoms with E-state index >= 15 is 0 Å². The minimum atomic E-state index is 0.706. The average molecular weight is 412 g/mol. The van der Waals surface area contributed by atoms with E-state index in [4.69, 9.17) is 16.3 Å². The molecule has 1 aliphatic rings. The van der Waals surface area contributed by atoms with E-state index in [-0.39, 0.29) is 0 Å². The van der Waals surface area contributed by atoms with Crippen LogP contribution in [0.3, 0.4) is 0 Å². The number of benzene rings is 2. The Morgan fingerprint density at radius 3 is 2.17 bits per heavy atom. The summed E-state index contributed by atoms with van der Waals surface area (Å²) >= 11 is 6.50. The highest BCUT2D eigenvalue weighted by Crippen LogP contribution is 2.34. The fourth-order valence-electron chi connectivity index (χ4n) is 4.25. The van der Waals surface area contributed by atoms with Crippen molar-refractivity contribution < 1.29 is 4.74 Å². The van der Waals surface area contributed by atoms with Gasteiger partial charge >= 0.3 is 0 Å². The maximum atomic E-state index is 6.50. The highest BCUT2D eigenvalue weighted by molar-refractivity contribution is 6.32. The van der Waals surface area contributed by atoms with Gasteiger partial charge < -0.3 is 4.74 Å². The molecule has 0 aromatic heterocycles. The van der Waals surface area contributed by atoms with Crippen LogP contribution < -0.4 is 4.74 Å². The molecular weight excluding hydrogens is 376 g/mol. The predicted molar refractivity (Wildman–Crippen MR) is 126 cm³/mol. The van der Waals surface area contributed by atoms with Gasteiger partial charge in [-0.2, -0.15) is 0 Å². The second kappa shape index (κ2) is 12.3. The monoisotopic (exact) mass is 411 g/mol. The van der Waals surface area contributed by atoms with Gasteiger partial charge in [0.2, 0.25) is 0 Å². The third kappa shape index (κ3) is 7.07. The van der Waals surface area contributed by atoms with Gasteiger partial charge in [-0.1, -0.05) is 87.4 Å². The molecule has 0 amide bonds. The van der Waals surface area contributed by atoms with E-state index in [1.54, 1.807) is 0 Å². The quantitative estimate of drug-likeness (QED) is 0.335. The zero-order valence-electron chi connectivity index (χ0n) is 18.0. The van der Waals surface area contributed by atoms with Crippen molar-refractivity contribution in [3.8, 4) is 16.9 Å². The Bertz CT molecular complexity index is 716. The van der Waals surface area contributed by atoms with Gasteiger partial charge in [-0.3, -0.25) is 0 Å². The normalized spacial score (nSPS) is 14.8. The highest BCUT2D eigenvalue weighted by atomic mass is 35.5. The molecule has 2 aromatic carbocycles. The summed E-state index contributed by atoms with van der Waals surface area (Å²) in [4.78, 5) is 0.